The number of aromatic amines is 1. The van der Waals surface area contributed by atoms with Crippen molar-refractivity contribution in [2.45, 2.75) is 6.92 Å². The fraction of sp³-hybridized carbons (Fsp3) is 0.0667. The lowest BCUT2D eigenvalue weighted by molar-refractivity contribution is 0.262. The van der Waals surface area contributed by atoms with Crippen molar-refractivity contribution >= 4 is 28.7 Å². The highest BCUT2D eigenvalue weighted by atomic mass is 16.2. The second-order valence-electron chi connectivity index (χ2n) is 4.50. The summed E-state index contributed by atoms with van der Waals surface area (Å²) < 4.78 is 0. The van der Waals surface area contributed by atoms with Gasteiger partial charge in [0.1, 0.15) is 0 Å². The summed E-state index contributed by atoms with van der Waals surface area (Å²) in [6, 6.07) is 14.9. The van der Waals surface area contributed by atoms with E-state index in [1.807, 2.05) is 55.5 Å². The Balaban J connectivity index is 1.74. The van der Waals surface area contributed by atoms with Crippen molar-refractivity contribution in [3.05, 3.63) is 54.1 Å². The van der Waals surface area contributed by atoms with E-state index in [1.54, 1.807) is 0 Å². The molecule has 1 heterocycles. The van der Waals surface area contributed by atoms with Gasteiger partial charge in [-0.1, -0.05) is 30.3 Å². The second-order valence-corrected chi connectivity index (χ2v) is 4.50. The van der Waals surface area contributed by atoms with Crippen LogP contribution < -0.4 is 10.6 Å². The minimum atomic E-state index is -0.321. The van der Waals surface area contributed by atoms with Crippen molar-refractivity contribution in [2.75, 3.05) is 10.6 Å². The minimum absolute atomic E-state index is 0.321. The monoisotopic (exact) mass is 266 g/mol. The Morgan fingerprint density at radius 1 is 1.05 bits per heavy atom. The van der Waals surface area contributed by atoms with Crippen molar-refractivity contribution in [2.24, 2.45) is 0 Å². The highest BCUT2D eigenvalue weighted by Gasteiger charge is 2.07. The molecular formula is C15H14N4O. The molecule has 3 rings (SSSR count). The molecule has 0 atom stereocenters. The smallest absolute Gasteiger partial charge is 0.324 e. The lowest BCUT2D eigenvalue weighted by Crippen LogP contribution is -2.20. The van der Waals surface area contributed by atoms with Gasteiger partial charge >= 0.3 is 6.03 Å². The molecule has 0 aliphatic rings. The third-order valence-corrected chi connectivity index (χ3v) is 3.01. The molecule has 0 spiro atoms. The first kappa shape index (κ1) is 12.2. The number of H-pyrrole nitrogens is 1. The Hall–Kier alpha value is -2.82. The first-order chi connectivity index (χ1) is 9.72. The van der Waals surface area contributed by atoms with Gasteiger partial charge in [0.25, 0.3) is 0 Å². The number of carbonyl (C=O) groups excluding carboxylic acids is 1. The number of fused-ring (bicyclic) bond motifs is 1. The number of para-hydroxylation sites is 3. The number of rotatable bonds is 2. The number of amides is 2. The van der Waals surface area contributed by atoms with E-state index in [4.69, 9.17) is 0 Å². The molecule has 3 N–H and O–H groups in total. The van der Waals surface area contributed by atoms with Gasteiger partial charge in [-0.15, -0.1) is 0 Å². The average molecular weight is 266 g/mol. The quantitative estimate of drug-likeness (QED) is 0.664. The van der Waals surface area contributed by atoms with Crippen molar-refractivity contribution in [3.8, 4) is 0 Å². The Labute approximate surface area is 116 Å². The molecule has 0 aliphatic heterocycles. The Morgan fingerprint density at radius 2 is 1.80 bits per heavy atom. The number of aryl methyl sites for hydroxylation is 1. The molecule has 0 fully saturated rings. The summed E-state index contributed by atoms with van der Waals surface area (Å²) >= 11 is 0. The second kappa shape index (κ2) is 5.05. The summed E-state index contributed by atoms with van der Waals surface area (Å²) in [7, 11) is 0. The van der Waals surface area contributed by atoms with Gasteiger partial charge in [-0.3, -0.25) is 5.32 Å². The Kier molecular flexibility index (Phi) is 3.09. The van der Waals surface area contributed by atoms with Crippen molar-refractivity contribution in [1.29, 1.82) is 0 Å². The molecule has 0 unspecified atom stereocenters. The van der Waals surface area contributed by atoms with Gasteiger partial charge in [0.2, 0.25) is 5.95 Å². The maximum absolute atomic E-state index is 11.9. The summed E-state index contributed by atoms with van der Waals surface area (Å²) in [6.07, 6.45) is 0. The van der Waals surface area contributed by atoms with E-state index in [-0.39, 0.29) is 6.03 Å². The molecule has 0 saturated heterocycles. The van der Waals surface area contributed by atoms with Crippen molar-refractivity contribution in [1.82, 2.24) is 9.97 Å². The van der Waals surface area contributed by atoms with Crippen LogP contribution in [0.25, 0.3) is 11.0 Å². The van der Waals surface area contributed by atoms with E-state index in [1.165, 1.54) is 0 Å². The van der Waals surface area contributed by atoms with E-state index in [0.29, 0.717) is 5.95 Å². The molecule has 5 heteroatoms. The topological polar surface area (TPSA) is 69.8 Å². The number of aromatic nitrogens is 2. The third-order valence-electron chi connectivity index (χ3n) is 3.01. The normalized spacial score (nSPS) is 10.4. The molecule has 20 heavy (non-hydrogen) atoms. The summed E-state index contributed by atoms with van der Waals surface area (Å²) in [5.41, 5.74) is 3.49. The van der Waals surface area contributed by atoms with Gasteiger partial charge in [-0.25, -0.2) is 9.78 Å². The zero-order valence-electron chi connectivity index (χ0n) is 11.0. The van der Waals surface area contributed by atoms with E-state index < -0.39 is 0 Å². The van der Waals surface area contributed by atoms with Crippen LogP contribution in [0, 0.1) is 6.92 Å². The number of urea groups is 1. The van der Waals surface area contributed by atoms with Crippen LogP contribution in [0.5, 0.6) is 0 Å². The summed E-state index contributed by atoms with van der Waals surface area (Å²) in [5, 5.41) is 5.48. The predicted molar refractivity (Wildman–Crippen MR) is 79.9 cm³/mol. The molecule has 100 valence electrons. The molecule has 2 amide bonds. The molecular weight excluding hydrogens is 252 g/mol. The highest BCUT2D eigenvalue weighted by Crippen LogP contribution is 2.15. The van der Waals surface area contributed by atoms with E-state index in [2.05, 4.69) is 20.6 Å². The molecule has 3 aromatic rings. The largest absolute Gasteiger partial charge is 0.326 e. The number of carbonyl (C=O) groups is 1. The van der Waals surface area contributed by atoms with Crippen molar-refractivity contribution in [3.63, 3.8) is 0 Å². The maximum Gasteiger partial charge on any atom is 0.326 e. The van der Waals surface area contributed by atoms with E-state index >= 15 is 0 Å². The number of benzene rings is 2. The molecule has 0 radical (unpaired) electrons. The number of imidazole rings is 1. The number of nitrogens with zero attached hydrogens (tertiary/aromatic N) is 1. The molecule has 2 aromatic carbocycles. The first-order valence-corrected chi connectivity index (χ1v) is 6.31. The summed E-state index contributed by atoms with van der Waals surface area (Å²) in [6.45, 7) is 1.94. The van der Waals surface area contributed by atoms with Crippen LogP contribution in [0.2, 0.25) is 0 Å². The fourth-order valence-corrected chi connectivity index (χ4v) is 1.99. The van der Waals surface area contributed by atoms with Gasteiger partial charge in [-0.2, -0.15) is 0 Å². The lowest BCUT2D eigenvalue weighted by Gasteiger charge is -2.07. The number of hydrogen-bond donors (Lipinski definition) is 3. The van der Waals surface area contributed by atoms with Crippen molar-refractivity contribution < 1.29 is 4.79 Å². The fourth-order valence-electron chi connectivity index (χ4n) is 1.99. The standard InChI is InChI=1S/C15H14N4O/c1-10-6-2-3-7-11(10)18-15(20)19-14-16-12-8-4-5-9-13(12)17-14/h2-9H,1H3,(H3,16,17,18,19,20). The number of hydrogen-bond acceptors (Lipinski definition) is 2. The Morgan fingerprint density at radius 3 is 2.60 bits per heavy atom. The summed E-state index contributed by atoms with van der Waals surface area (Å²) in [4.78, 5) is 19.3. The van der Waals surface area contributed by atoms with Crippen LogP contribution in [0.15, 0.2) is 48.5 Å². The summed E-state index contributed by atoms with van der Waals surface area (Å²) in [5.74, 6) is 0.428. The molecule has 5 nitrogen and oxygen atoms in total. The zero-order chi connectivity index (χ0) is 13.9. The maximum atomic E-state index is 11.9. The minimum Gasteiger partial charge on any atom is -0.324 e. The van der Waals surface area contributed by atoms with Crippen LogP contribution in [-0.2, 0) is 0 Å². The van der Waals surface area contributed by atoms with Gasteiger partial charge in [0.05, 0.1) is 11.0 Å². The zero-order valence-corrected chi connectivity index (χ0v) is 11.0. The number of anilines is 2. The Bertz CT molecular complexity index is 730. The van der Waals surface area contributed by atoms with Gasteiger partial charge < -0.3 is 10.3 Å². The van der Waals surface area contributed by atoms with Gasteiger partial charge in [0.15, 0.2) is 0 Å². The van der Waals surface area contributed by atoms with E-state index in [0.717, 1.165) is 22.3 Å². The molecule has 0 saturated carbocycles. The van der Waals surface area contributed by atoms with Crippen LogP contribution in [0.4, 0.5) is 16.4 Å². The lowest BCUT2D eigenvalue weighted by atomic mass is 10.2. The average Bonchev–Trinajstić information content (AvgIpc) is 2.83. The first-order valence-electron chi connectivity index (χ1n) is 6.31. The van der Waals surface area contributed by atoms with Crippen LogP contribution in [0.3, 0.4) is 0 Å². The van der Waals surface area contributed by atoms with Crippen LogP contribution in [-0.4, -0.2) is 16.0 Å². The van der Waals surface area contributed by atoms with Crippen LogP contribution in [0.1, 0.15) is 5.56 Å². The SMILES string of the molecule is Cc1ccccc1NC(=O)Nc1nc2ccccc2[nH]1. The van der Waals surface area contributed by atoms with Gasteiger partial charge in [0, 0.05) is 5.69 Å². The highest BCUT2D eigenvalue weighted by molar-refractivity contribution is 5.99. The van der Waals surface area contributed by atoms with Crippen LogP contribution >= 0.6 is 0 Å². The predicted octanol–water partition coefficient (Wildman–Crippen LogP) is 3.52. The molecule has 0 aliphatic carbocycles. The number of nitrogens with one attached hydrogen (secondary N) is 3. The van der Waals surface area contributed by atoms with Gasteiger partial charge in [-0.05, 0) is 30.7 Å². The molecule has 1 aromatic heterocycles. The third kappa shape index (κ3) is 2.47. The van der Waals surface area contributed by atoms with E-state index in [9.17, 15) is 4.79 Å². The molecule has 0 bridgehead atoms.